The van der Waals surface area contributed by atoms with Crippen LogP contribution in [0.5, 0.6) is 0 Å². The summed E-state index contributed by atoms with van der Waals surface area (Å²) in [5.74, 6) is 1.66. The third-order valence-corrected chi connectivity index (χ3v) is 4.97. The van der Waals surface area contributed by atoms with E-state index in [9.17, 15) is 4.79 Å². The second-order valence-electron chi connectivity index (χ2n) is 6.97. The zero-order chi connectivity index (χ0) is 16.6. The molecule has 1 fully saturated rings. The maximum absolute atomic E-state index is 12.0. The summed E-state index contributed by atoms with van der Waals surface area (Å²) in [6.07, 6.45) is 10.3. The van der Waals surface area contributed by atoms with Crippen LogP contribution in [0.3, 0.4) is 0 Å². The lowest BCUT2D eigenvalue weighted by Gasteiger charge is -2.30. The van der Waals surface area contributed by atoms with Crippen LogP contribution < -0.4 is 0 Å². The van der Waals surface area contributed by atoms with Crippen molar-refractivity contribution < 1.29 is 14.3 Å². The number of carbonyl (C=O) groups is 1. The van der Waals surface area contributed by atoms with E-state index < -0.39 is 0 Å². The average molecular weight is 328 g/mol. The summed E-state index contributed by atoms with van der Waals surface area (Å²) in [4.78, 5) is 12.0. The van der Waals surface area contributed by atoms with E-state index in [1.807, 2.05) is 18.2 Å². The number of ketones is 1. The van der Waals surface area contributed by atoms with E-state index in [0.717, 1.165) is 18.6 Å². The number of carbonyl (C=O) groups excluding carboxylic acids is 1. The Morgan fingerprint density at radius 2 is 1.88 bits per heavy atom. The minimum absolute atomic E-state index is 0.0414. The summed E-state index contributed by atoms with van der Waals surface area (Å²) in [6, 6.07) is 10.2. The summed E-state index contributed by atoms with van der Waals surface area (Å²) < 4.78 is 11.9. The summed E-state index contributed by atoms with van der Waals surface area (Å²) >= 11 is 0. The number of hydrogen-bond acceptors (Lipinski definition) is 3. The Hall–Kier alpha value is -1.61. The van der Waals surface area contributed by atoms with Gasteiger partial charge < -0.3 is 9.47 Å². The van der Waals surface area contributed by atoms with Crippen LogP contribution in [0.2, 0.25) is 0 Å². The van der Waals surface area contributed by atoms with Crippen LogP contribution in [0.4, 0.5) is 0 Å². The predicted octanol–water partition coefficient (Wildman–Crippen LogP) is 4.81. The summed E-state index contributed by atoms with van der Waals surface area (Å²) in [6.45, 7) is 1.37. The average Bonchev–Trinajstić information content (AvgIpc) is 2.63. The van der Waals surface area contributed by atoms with Gasteiger partial charge in [0, 0.05) is 25.0 Å². The molecule has 3 heteroatoms. The van der Waals surface area contributed by atoms with Crippen molar-refractivity contribution in [3.8, 4) is 0 Å². The van der Waals surface area contributed by atoms with Crippen molar-refractivity contribution in [2.45, 2.75) is 64.1 Å². The van der Waals surface area contributed by atoms with Crippen molar-refractivity contribution in [2.24, 2.45) is 5.92 Å². The Labute approximate surface area is 145 Å². The fourth-order valence-corrected chi connectivity index (χ4v) is 3.65. The first kappa shape index (κ1) is 17.2. The van der Waals surface area contributed by atoms with Crippen LogP contribution in [0.15, 0.2) is 42.2 Å². The van der Waals surface area contributed by atoms with Gasteiger partial charge in [-0.25, -0.2) is 0 Å². The highest BCUT2D eigenvalue weighted by molar-refractivity contribution is 5.91. The number of hydrogen-bond donors (Lipinski definition) is 0. The largest absolute Gasteiger partial charge is 0.494 e. The molecule has 24 heavy (non-hydrogen) atoms. The highest BCUT2D eigenvalue weighted by Crippen LogP contribution is 2.33. The zero-order valence-corrected chi connectivity index (χ0v) is 14.4. The molecule has 0 radical (unpaired) electrons. The van der Waals surface area contributed by atoms with Crippen LogP contribution >= 0.6 is 0 Å². The van der Waals surface area contributed by atoms with Crippen LogP contribution in [-0.2, 0) is 20.9 Å². The molecule has 0 amide bonds. The van der Waals surface area contributed by atoms with Gasteiger partial charge in [0.05, 0.1) is 6.61 Å². The Morgan fingerprint density at radius 1 is 1.08 bits per heavy atom. The van der Waals surface area contributed by atoms with Crippen LogP contribution in [0.1, 0.15) is 56.9 Å². The van der Waals surface area contributed by atoms with Crippen molar-refractivity contribution in [3.63, 3.8) is 0 Å². The highest BCUT2D eigenvalue weighted by Gasteiger charge is 2.27. The van der Waals surface area contributed by atoms with Gasteiger partial charge in [-0.3, -0.25) is 4.79 Å². The minimum atomic E-state index is 0.0414. The molecule has 0 bridgehead atoms. The van der Waals surface area contributed by atoms with E-state index in [0.29, 0.717) is 25.6 Å². The maximum atomic E-state index is 12.0. The normalized spacial score (nSPS) is 22.1. The molecule has 0 saturated heterocycles. The Bertz CT molecular complexity index is 543. The molecule has 1 aliphatic carbocycles. The molecule has 2 aliphatic rings. The molecular weight excluding hydrogens is 300 g/mol. The minimum Gasteiger partial charge on any atom is -0.494 e. The standard InChI is InChI=1S/C21H28O3/c22-19-14-20(24-21(15-19)18-10-5-2-6-11-18)12-7-13-23-16-17-8-3-1-4-9-17/h1,3-4,8-9,15,18,20H,2,5-7,10-14,16H2/t20-/m0/s1. The molecule has 0 spiro atoms. The molecule has 1 atom stereocenters. The van der Waals surface area contributed by atoms with E-state index >= 15 is 0 Å². The molecule has 3 nitrogen and oxygen atoms in total. The predicted molar refractivity (Wildman–Crippen MR) is 94.5 cm³/mol. The lowest BCUT2D eigenvalue weighted by molar-refractivity contribution is -0.119. The summed E-state index contributed by atoms with van der Waals surface area (Å²) in [7, 11) is 0. The monoisotopic (exact) mass is 328 g/mol. The van der Waals surface area contributed by atoms with Gasteiger partial charge in [-0.1, -0.05) is 49.6 Å². The van der Waals surface area contributed by atoms with Gasteiger partial charge in [0.2, 0.25) is 0 Å². The Balaban J connectivity index is 1.38. The second kappa shape index (κ2) is 9.03. The number of ether oxygens (including phenoxy) is 2. The highest BCUT2D eigenvalue weighted by atomic mass is 16.5. The number of rotatable bonds is 7. The van der Waals surface area contributed by atoms with E-state index in [4.69, 9.17) is 9.47 Å². The maximum Gasteiger partial charge on any atom is 0.162 e. The fraction of sp³-hybridized carbons (Fsp3) is 0.571. The van der Waals surface area contributed by atoms with E-state index in [1.165, 1.54) is 37.7 Å². The fourth-order valence-electron chi connectivity index (χ4n) is 3.65. The smallest absolute Gasteiger partial charge is 0.162 e. The van der Waals surface area contributed by atoms with E-state index in [1.54, 1.807) is 6.08 Å². The van der Waals surface area contributed by atoms with Crippen molar-refractivity contribution in [1.29, 1.82) is 0 Å². The molecule has 1 aromatic rings. The molecule has 130 valence electrons. The number of benzene rings is 1. The zero-order valence-electron chi connectivity index (χ0n) is 14.4. The molecular formula is C21H28O3. The van der Waals surface area contributed by atoms with Crippen molar-refractivity contribution >= 4 is 5.78 Å². The van der Waals surface area contributed by atoms with Gasteiger partial charge in [0.1, 0.15) is 11.9 Å². The van der Waals surface area contributed by atoms with Crippen LogP contribution in [0, 0.1) is 5.92 Å². The molecule has 0 unspecified atom stereocenters. The van der Waals surface area contributed by atoms with Gasteiger partial charge in [0.15, 0.2) is 5.78 Å². The lowest BCUT2D eigenvalue weighted by atomic mass is 9.86. The third-order valence-electron chi connectivity index (χ3n) is 4.97. The Morgan fingerprint density at radius 3 is 2.67 bits per heavy atom. The third kappa shape index (κ3) is 5.20. The van der Waals surface area contributed by atoms with Crippen molar-refractivity contribution in [2.75, 3.05) is 6.61 Å². The molecule has 0 N–H and O–H groups in total. The molecule has 1 saturated carbocycles. The summed E-state index contributed by atoms with van der Waals surface area (Å²) in [5.41, 5.74) is 1.20. The van der Waals surface area contributed by atoms with Crippen molar-refractivity contribution in [3.05, 3.63) is 47.7 Å². The molecule has 1 heterocycles. The van der Waals surface area contributed by atoms with Gasteiger partial charge in [-0.15, -0.1) is 0 Å². The quantitative estimate of drug-likeness (QED) is 0.674. The van der Waals surface area contributed by atoms with E-state index in [-0.39, 0.29) is 11.9 Å². The van der Waals surface area contributed by atoms with E-state index in [2.05, 4.69) is 12.1 Å². The summed E-state index contributed by atoms with van der Waals surface area (Å²) in [5, 5.41) is 0. The molecule has 3 rings (SSSR count). The van der Waals surface area contributed by atoms with Crippen molar-refractivity contribution in [1.82, 2.24) is 0 Å². The number of allylic oxidation sites excluding steroid dienone is 2. The molecule has 0 aromatic heterocycles. The first-order valence-corrected chi connectivity index (χ1v) is 9.34. The van der Waals surface area contributed by atoms with Gasteiger partial charge in [-0.2, -0.15) is 0 Å². The SMILES string of the molecule is O=C1C=C(C2CCCCC2)O[C@@H](CCCOCc2ccccc2)C1. The first-order valence-electron chi connectivity index (χ1n) is 9.34. The van der Waals surface area contributed by atoms with Crippen LogP contribution in [0.25, 0.3) is 0 Å². The van der Waals surface area contributed by atoms with Gasteiger partial charge in [0.25, 0.3) is 0 Å². The molecule has 1 aliphatic heterocycles. The molecule has 1 aromatic carbocycles. The Kier molecular flexibility index (Phi) is 6.48. The topological polar surface area (TPSA) is 35.5 Å². The first-order chi connectivity index (χ1) is 11.8. The van der Waals surface area contributed by atoms with Crippen LogP contribution in [-0.4, -0.2) is 18.5 Å². The van der Waals surface area contributed by atoms with Gasteiger partial charge in [-0.05, 0) is 31.2 Å². The second-order valence-corrected chi connectivity index (χ2v) is 6.97. The lowest BCUT2D eigenvalue weighted by Crippen LogP contribution is -2.26. The van der Waals surface area contributed by atoms with Gasteiger partial charge >= 0.3 is 0 Å².